The molecule has 9 N–H and O–H groups in total. The van der Waals surface area contributed by atoms with Gasteiger partial charge in [0.15, 0.2) is 0 Å². The highest BCUT2D eigenvalue weighted by molar-refractivity contribution is 8.13. The topological polar surface area (TPSA) is 466 Å². The Balaban J connectivity index is 0. The highest BCUT2D eigenvalue weighted by Crippen LogP contribution is 2.19. The van der Waals surface area contributed by atoms with Crippen LogP contribution in [-0.2, 0) is 115 Å². The molecule has 0 bridgehead atoms. The van der Waals surface area contributed by atoms with Crippen LogP contribution in [0.5, 0.6) is 0 Å². The lowest BCUT2D eigenvalue weighted by Gasteiger charge is -2.30. The van der Waals surface area contributed by atoms with E-state index in [1.54, 1.807) is 57.2 Å². The monoisotopic (exact) mass is 1540 g/mol. The number of nitrogens with two attached hydrogens (primary N) is 1. The van der Waals surface area contributed by atoms with Crippen molar-refractivity contribution in [1.29, 1.82) is 0 Å². The SMILES string of the molecule is COC(=O)CCOCC(C)(COCCC(=O)OC)NS(=O)(=O)c1ccc(C)cc1.COC(=O)CCOCC(C)(N)COCCC(=O)OC.Cc1ccc(S(=O)(=O)Cl)cc1.Cc1ccc(S(=O)(=O)NC(C)(COCCC(=O)NO)COCCC(=O)NO)cc1.Cc1ccccc1.O=S(=O)(O)Cl. The molecule has 0 saturated heterocycles. The Bertz CT molecular complexity index is 3280. The van der Waals surface area contributed by atoms with Crippen LogP contribution in [0.4, 0.5) is 0 Å². The van der Waals surface area contributed by atoms with Gasteiger partial charge in [0.25, 0.3) is 9.05 Å². The molecule has 4 rings (SSSR count). The maximum atomic E-state index is 12.8. The molecular weight excluding hydrogens is 1450 g/mol. The molecule has 4 aromatic carbocycles. The van der Waals surface area contributed by atoms with Crippen LogP contribution in [0.3, 0.4) is 0 Å². The summed E-state index contributed by atoms with van der Waals surface area (Å²) >= 11 is 0. The number of carbonyl (C=O) groups excluding carboxylic acids is 6. The molecule has 0 saturated carbocycles. The van der Waals surface area contributed by atoms with E-state index in [1.165, 1.54) is 81.4 Å². The molecule has 0 radical (unpaired) electrons. The first-order valence-electron chi connectivity index (χ1n) is 29.8. The quantitative estimate of drug-likeness (QED) is 0.00568. The van der Waals surface area contributed by atoms with Crippen molar-refractivity contribution >= 4 is 95.5 Å². The number of nitrogens with one attached hydrogen (secondary N) is 4. The van der Waals surface area contributed by atoms with Gasteiger partial charge in [0, 0.05) is 21.4 Å². The summed E-state index contributed by atoms with van der Waals surface area (Å²) in [6, 6.07) is 29.3. The molecule has 0 aromatic heterocycles. The van der Waals surface area contributed by atoms with E-state index < -0.39 is 78.8 Å². The Morgan fingerprint density at radius 2 is 0.630 bits per heavy atom. The highest BCUT2D eigenvalue weighted by atomic mass is 35.7. The third kappa shape index (κ3) is 50.8. The first-order valence-corrected chi connectivity index (χ1v) is 37.4. The molecule has 2 amide bonds. The van der Waals surface area contributed by atoms with Crippen LogP contribution in [0.1, 0.15) is 81.5 Å². The molecule has 0 fully saturated rings. The van der Waals surface area contributed by atoms with E-state index in [0.717, 1.165) is 16.7 Å². The van der Waals surface area contributed by atoms with Crippen LogP contribution in [0.2, 0.25) is 0 Å². The van der Waals surface area contributed by atoms with Crippen molar-refractivity contribution in [2.75, 3.05) is 108 Å². The van der Waals surface area contributed by atoms with Gasteiger partial charge in [-0.3, -0.25) is 43.7 Å². The molecular formula is C62H95Cl2N5O27S4. The molecule has 0 heterocycles. The molecule has 568 valence electrons. The van der Waals surface area contributed by atoms with Crippen LogP contribution < -0.4 is 26.1 Å². The van der Waals surface area contributed by atoms with Gasteiger partial charge >= 0.3 is 33.2 Å². The number of halogens is 2. The number of methoxy groups -OCH3 is 4. The minimum Gasteiger partial charge on any atom is -0.469 e. The van der Waals surface area contributed by atoms with E-state index in [9.17, 15) is 54.0 Å². The van der Waals surface area contributed by atoms with Crippen molar-refractivity contribution < 1.29 is 125 Å². The second-order valence-corrected chi connectivity index (χ2v) is 30.0. The third-order valence-electron chi connectivity index (χ3n) is 12.1. The fourth-order valence-corrected chi connectivity index (χ4v) is 10.5. The van der Waals surface area contributed by atoms with Crippen molar-refractivity contribution in [3.8, 4) is 0 Å². The van der Waals surface area contributed by atoms with Gasteiger partial charge in [0.2, 0.25) is 31.9 Å². The van der Waals surface area contributed by atoms with Gasteiger partial charge < -0.3 is 53.1 Å². The second-order valence-electron chi connectivity index (χ2n) is 22.1. The zero-order chi connectivity index (χ0) is 76.7. The van der Waals surface area contributed by atoms with E-state index >= 15 is 0 Å². The Morgan fingerprint density at radius 1 is 0.400 bits per heavy atom. The van der Waals surface area contributed by atoms with E-state index in [0.29, 0.717) is 0 Å². The van der Waals surface area contributed by atoms with Gasteiger partial charge in [-0.2, -0.15) is 8.42 Å². The van der Waals surface area contributed by atoms with Gasteiger partial charge in [-0.05, 0) is 84.9 Å². The highest BCUT2D eigenvalue weighted by Gasteiger charge is 2.34. The van der Waals surface area contributed by atoms with E-state index in [1.807, 2.05) is 39.0 Å². The van der Waals surface area contributed by atoms with E-state index in [2.05, 4.69) is 58.1 Å². The number of amides is 2. The molecule has 0 atom stereocenters. The predicted octanol–water partition coefficient (Wildman–Crippen LogP) is 4.86. The lowest BCUT2D eigenvalue weighted by molar-refractivity contribution is -0.143. The number of rotatable bonds is 37. The van der Waals surface area contributed by atoms with Crippen LogP contribution in [0, 0.1) is 27.7 Å². The summed E-state index contributed by atoms with van der Waals surface area (Å²) in [6.45, 7) is 13.3. The summed E-state index contributed by atoms with van der Waals surface area (Å²) in [5, 5.41) is 17.0. The van der Waals surface area contributed by atoms with Gasteiger partial charge in [0.1, 0.15) is 0 Å². The van der Waals surface area contributed by atoms with Crippen LogP contribution in [-0.4, -0.2) is 209 Å². The normalized spacial score (nSPS) is 11.4. The Kier molecular flexibility index (Phi) is 48.6. The molecule has 32 nitrogen and oxygen atoms in total. The summed E-state index contributed by atoms with van der Waals surface area (Å²) in [6.07, 6.45) is 0.232. The summed E-state index contributed by atoms with van der Waals surface area (Å²) in [5.41, 5.74) is 10.0. The summed E-state index contributed by atoms with van der Waals surface area (Å²) in [5.74, 6) is -2.79. The molecule has 0 aliphatic rings. The van der Waals surface area contributed by atoms with Gasteiger partial charge in [-0.1, -0.05) is 89.0 Å². The molecule has 0 spiro atoms. The van der Waals surface area contributed by atoms with Crippen molar-refractivity contribution in [2.24, 2.45) is 5.73 Å². The first kappa shape index (κ1) is 95.7. The average Bonchev–Trinajstić information content (AvgIpc) is 0.823. The van der Waals surface area contributed by atoms with Crippen molar-refractivity contribution in [2.45, 2.75) is 118 Å². The number of sulfonamides is 2. The van der Waals surface area contributed by atoms with Crippen molar-refractivity contribution in [3.63, 3.8) is 0 Å². The second kappa shape index (κ2) is 50.9. The maximum Gasteiger partial charge on any atom is 0.353 e. The lowest BCUT2D eigenvalue weighted by atomic mass is 10.1. The predicted molar refractivity (Wildman–Crippen MR) is 366 cm³/mol. The molecule has 0 aliphatic carbocycles. The molecule has 4 aromatic rings. The van der Waals surface area contributed by atoms with Crippen LogP contribution >= 0.6 is 21.4 Å². The Labute approximate surface area is 594 Å². The minimum atomic E-state index is -4.19. The van der Waals surface area contributed by atoms with Gasteiger partial charge in [0.05, 0.1) is 178 Å². The van der Waals surface area contributed by atoms with Crippen molar-refractivity contribution in [3.05, 3.63) is 125 Å². The smallest absolute Gasteiger partial charge is 0.353 e. The minimum absolute atomic E-state index is 0.0422. The number of hydroxylamine groups is 2. The van der Waals surface area contributed by atoms with E-state index in [-0.39, 0.29) is 144 Å². The zero-order valence-corrected chi connectivity index (χ0v) is 62.4. The largest absolute Gasteiger partial charge is 0.469 e. The fraction of sp³-hybridized carbons (Fsp3) is 0.516. The van der Waals surface area contributed by atoms with E-state index in [4.69, 9.17) is 68.2 Å². The molecule has 100 heavy (non-hydrogen) atoms. The number of aryl methyl sites for hydroxylation is 4. The summed E-state index contributed by atoms with van der Waals surface area (Å²) in [7, 11) is -1.15. The number of esters is 4. The fourth-order valence-electron chi connectivity index (χ4n) is 6.95. The standard InChI is InChI=1S/C19H29NO8S.C17H27N3O8S.C12H23NO6.C7H7ClO2S.C7H8.ClHO3S/c1-15-5-7-16(8-6-15)29(23,24)20-19(2,13-27-11-9-17(21)25-3)14-28-12-10-18(22)26-4;1-13-3-5-14(6-4-13)29(25,26)20-17(2,11-27-9-7-15(21)18-23)12-28-10-8-16(22)19-24;1-12(13,8-18-6-4-10(14)16-2)9-19-7-5-11(15)17-3;1-6-2-4-7(5-3-6)11(8,9)10;1-7-5-3-2-4-6-7;1-5(2,3)4/h5-8,20H,9-14H2,1-4H3;3-6,20,23-24H,7-12H2,1-2H3,(H,18,21)(H,19,22);4-9,13H2,1-3H3;2-5H,1H3;2-6H,1H3;(H,2,3,4). The number of hydrogen-bond donors (Lipinski definition) is 8. The molecule has 0 aliphatic heterocycles. The summed E-state index contributed by atoms with van der Waals surface area (Å²) < 4.78 is 153. The lowest BCUT2D eigenvalue weighted by Crippen LogP contribution is -2.53. The van der Waals surface area contributed by atoms with Crippen molar-refractivity contribution in [1.82, 2.24) is 20.4 Å². The van der Waals surface area contributed by atoms with Crippen LogP contribution in [0.15, 0.2) is 118 Å². The average molecular weight is 1540 g/mol. The number of carbonyl (C=O) groups is 6. The Morgan fingerprint density at radius 3 is 0.850 bits per heavy atom. The summed E-state index contributed by atoms with van der Waals surface area (Å²) in [4.78, 5) is 66.5. The number of hydrogen-bond acceptors (Lipinski definition) is 27. The number of benzene rings is 4. The molecule has 38 heteroatoms. The van der Waals surface area contributed by atoms with Gasteiger partial charge in [-0.25, -0.2) is 45.7 Å². The maximum absolute atomic E-state index is 12.8. The van der Waals surface area contributed by atoms with Gasteiger partial charge in [-0.15, -0.1) is 0 Å². The number of ether oxygens (including phenoxy) is 10. The van der Waals surface area contributed by atoms with Crippen LogP contribution in [0.25, 0.3) is 0 Å². The zero-order valence-electron chi connectivity index (χ0n) is 57.6. The Hall–Kier alpha value is -6.40. The first-order chi connectivity index (χ1) is 46.5. The third-order valence-corrected chi connectivity index (χ3v) is 16.8. The molecule has 0 unspecified atom stereocenters.